The third-order valence-electron chi connectivity index (χ3n) is 4.92. The fraction of sp³-hybridized carbons (Fsp3) is 0.115. The number of carbonyl (C=O) groups is 2. The minimum Gasteiger partial charge on any atom is -0.493 e. The highest BCUT2D eigenvalue weighted by Crippen LogP contribution is 2.31. The van der Waals surface area contributed by atoms with E-state index in [9.17, 15) is 22.8 Å². The first-order chi connectivity index (χ1) is 17.6. The summed E-state index contributed by atoms with van der Waals surface area (Å²) in [5.41, 5.74) is 0.581. The SMILES string of the molecule is COc1ccc(/C=C/C(=O)NC(=S)Nc2ccc(C(=O)Nc3cccc(C(F)(F)F)c3)cc2)cc1OC. The number of benzene rings is 3. The molecule has 0 aliphatic carbocycles. The maximum Gasteiger partial charge on any atom is 0.416 e. The average Bonchev–Trinajstić information content (AvgIpc) is 2.87. The van der Waals surface area contributed by atoms with E-state index >= 15 is 0 Å². The molecule has 3 aromatic rings. The number of methoxy groups -OCH3 is 2. The number of halogens is 3. The summed E-state index contributed by atoms with van der Waals surface area (Å²) in [6.07, 6.45) is -1.63. The van der Waals surface area contributed by atoms with Crippen molar-refractivity contribution in [1.29, 1.82) is 0 Å². The summed E-state index contributed by atoms with van der Waals surface area (Å²) in [7, 11) is 3.04. The van der Waals surface area contributed by atoms with Crippen LogP contribution in [-0.4, -0.2) is 31.1 Å². The van der Waals surface area contributed by atoms with Crippen molar-refractivity contribution in [3.8, 4) is 11.5 Å². The summed E-state index contributed by atoms with van der Waals surface area (Å²) in [6, 6.07) is 15.5. The van der Waals surface area contributed by atoms with Gasteiger partial charge in [-0.05, 0) is 78.5 Å². The molecule has 0 heterocycles. The predicted molar refractivity (Wildman–Crippen MR) is 139 cm³/mol. The first-order valence-corrected chi connectivity index (χ1v) is 11.1. The maximum atomic E-state index is 12.9. The van der Waals surface area contributed by atoms with Crippen LogP contribution in [-0.2, 0) is 11.0 Å². The van der Waals surface area contributed by atoms with Gasteiger partial charge in [0.1, 0.15) is 0 Å². The van der Waals surface area contributed by atoms with Gasteiger partial charge in [-0.25, -0.2) is 0 Å². The molecule has 3 rings (SSSR count). The van der Waals surface area contributed by atoms with Crippen LogP contribution >= 0.6 is 12.2 Å². The predicted octanol–water partition coefficient (Wildman–Crippen LogP) is 5.50. The van der Waals surface area contributed by atoms with Crippen molar-refractivity contribution in [2.24, 2.45) is 0 Å². The number of hydrogen-bond donors (Lipinski definition) is 3. The number of anilines is 2. The van der Waals surface area contributed by atoms with Crippen molar-refractivity contribution in [3.63, 3.8) is 0 Å². The minimum atomic E-state index is -4.51. The molecule has 192 valence electrons. The molecule has 0 bridgehead atoms. The van der Waals surface area contributed by atoms with Crippen molar-refractivity contribution in [2.45, 2.75) is 6.18 Å². The third-order valence-corrected chi connectivity index (χ3v) is 5.13. The Balaban J connectivity index is 1.54. The van der Waals surface area contributed by atoms with Gasteiger partial charge in [-0.3, -0.25) is 14.9 Å². The number of alkyl halides is 3. The molecule has 7 nitrogen and oxygen atoms in total. The molecule has 0 saturated carbocycles. The number of thiocarbonyl (C=S) groups is 1. The van der Waals surface area contributed by atoms with E-state index in [0.29, 0.717) is 22.7 Å². The number of amides is 2. The van der Waals surface area contributed by atoms with Crippen LogP contribution in [0.3, 0.4) is 0 Å². The van der Waals surface area contributed by atoms with Crippen LogP contribution in [0, 0.1) is 0 Å². The van der Waals surface area contributed by atoms with Crippen molar-refractivity contribution in [2.75, 3.05) is 24.9 Å². The fourth-order valence-electron chi connectivity index (χ4n) is 3.13. The van der Waals surface area contributed by atoms with E-state index in [2.05, 4.69) is 16.0 Å². The number of nitrogens with one attached hydrogen (secondary N) is 3. The van der Waals surface area contributed by atoms with Crippen LogP contribution in [0.4, 0.5) is 24.5 Å². The average molecular weight is 530 g/mol. The molecular weight excluding hydrogens is 507 g/mol. The van der Waals surface area contributed by atoms with Gasteiger partial charge in [-0.2, -0.15) is 13.2 Å². The number of carbonyl (C=O) groups excluding carboxylic acids is 2. The van der Waals surface area contributed by atoms with Crippen LogP contribution in [0.15, 0.2) is 72.8 Å². The van der Waals surface area contributed by atoms with Crippen molar-refractivity contribution in [3.05, 3.63) is 89.5 Å². The molecule has 0 spiro atoms. The smallest absolute Gasteiger partial charge is 0.416 e. The highest BCUT2D eigenvalue weighted by Gasteiger charge is 2.30. The van der Waals surface area contributed by atoms with Gasteiger partial charge in [0.25, 0.3) is 5.91 Å². The molecular formula is C26H22F3N3O4S. The molecule has 2 amide bonds. The monoisotopic (exact) mass is 529 g/mol. The largest absolute Gasteiger partial charge is 0.493 e. The van der Waals surface area contributed by atoms with Gasteiger partial charge in [0.2, 0.25) is 5.91 Å². The Morgan fingerprint density at radius 3 is 2.22 bits per heavy atom. The zero-order valence-corrected chi connectivity index (χ0v) is 20.5. The second-order valence-electron chi connectivity index (χ2n) is 7.50. The normalized spacial score (nSPS) is 11.1. The number of ether oxygens (including phenoxy) is 2. The molecule has 0 saturated heterocycles. The molecule has 37 heavy (non-hydrogen) atoms. The lowest BCUT2D eigenvalue weighted by molar-refractivity contribution is -0.137. The van der Waals surface area contributed by atoms with E-state index in [0.717, 1.165) is 12.1 Å². The first-order valence-electron chi connectivity index (χ1n) is 10.7. The molecule has 0 atom stereocenters. The molecule has 0 aliphatic heterocycles. The second-order valence-corrected chi connectivity index (χ2v) is 7.91. The molecule has 0 unspecified atom stereocenters. The molecule has 0 fully saturated rings. The Morgan fingerprint density at radius 1 is 0.865 bits per heavy atom. The summed E-state index contributed by atoms with van der Waals surface area (Å²) in [6.45, 7) is 0. The molecule has 0 radical (unpaired) electrons. The maximum absolute atomic E-state index is 12.9. The van der Waals surface area contributed by atoms with Gasteiger partial charge < -0.3 is 20.1 Å². The van der Waals surface area contributed by atoms with E-state index in [-0.39, 0.29) is 16.4 Å². The lowest BCUT2D eigenvalue weighted by atomic mass is 10.1. The van der Waals surface area contributed by atoms with Gasteiger partial charge in [0.05, 0.1) is 19.8 Å². The standard InChI is InChI=1S/C26H22F3N3O4S/c1-35-21-12-6-16(14-22(21)36-2)7-13-23(33)32-25(37)31-19-10-8-17(9-11-19)24(34)30-20-5-3-4-18(15-20)26(27,28)29/h3-15H,1-2H3,(H,30,34)(H2,31,32,33,37)/b13-7+. The highest BCUT2D eigenvalue weighted by molar-refractivity contribution is 7.80. The van der Waals surface area contributed by atoms with Gasteiger partial charge in [0, 0.05) is 23.0 Å². The van der Waals surface area contributed by atoms with Crippen molar-refractivity contribution >= 4 is 46.6 Å². The highest BCUT2D eigenvalue weighted by atomic mass is 32.1. The minimum absolute atomic E-state index is 0.0204. The van der Waals surface area contributed by atoms with Crippen molar-refractivity contribution in [1.82, 2.24) is 5.32 Å². The summed E-state index contributed by atoms with van der Waals surface area (Å²) < 4.78 is 49.0. The summed E-state index contributed by atoms with van der Waals surface area (Å²) >= 11 is 5.14. The molecule has 3 N–H and O–H groups in total. The summed E-state index contributed by atoms with van der Waals surface area (Å²) in [5, 5.41) is 7.79. The Bertz CT molecular complexity index is 1330. The Hall–Kier alpha value is -4.38. The molecule has 0 aliphatic rings. The zero-order chi connectivity index (χ0) is 27.0. The van der Waals surface area contributed by atoms with Crippen LogP contribution < -0.4 is 25.4 Å². The van der Waals surface area contributed by atoms with Crippen LogP contribution in [0.2, 0.25) is 0 Å². The Kier molecular flexibility index (Phi) is 8.86. The summed E-state index contributed by atoms with van der Waals surface area (Å²) in [4.78, 5) is 24.6. The molecule has 0 aromatic heterocycles. The Morgan fingerprint density at radius 2 is 1.57 bits per heavy atom. The molecule has 11 heteroatoms. The van der Waals surface area contributed by atoms with Gasteiger partial charge >= 0.3 is 6.18 Å². The fourth-order valence-corrected chi connectivity index (χ4v) is 3.34. The van der Waals surface area contributed by atoms with Gasteiger partial charge in [0.15, 0.2) is 16.6 Å². The van der Waals surface area contributed by atoms with Gasteiger partial charge in [-0.15, -0.1) is 0 Å². The van der Waals surface area contributed by atoms with E-state index in [4.69, 9.17) is 21.7 Å². The summed E-state index contributed by atoms with van der Waals surface area (Å²) in [5.74, 6) is 0.0364. The lowest BCUT2D eigenvalue weighted by Crippen LogP contribution is -2.32. The molecule has 3 aromatic carbocycles. The number of rotatable bonds is 7. The number of hydrogen-bond acceptors (Lipinski definition) is 5. The topological polar surface area (TPSA) is 88.7 Å². The first kappa shape index (κ1) is 27.2. The zero-order valence-electron chi connectivity index (χ0n) is 19.7. The van der Waals surface area contributed by atoms with Crippen LogP contribution in [0.5, 0.6) is 11.5 Å². The second kappa shape index (κ2) is 12.0. The van der Waals surface area contributed by atoms with E-state index in [1.165, 1.54) is 44.6 Å². The van der Waals surface area contributed by atoms with E-state index < -0.39 is 23.6 Å². The lowest BCUT2D eigenvalue weighted by Gasteiger charge is -2.11. The third kappa shape index (κ3) is 7.80. The van der Waals surface area contributed by atoms with E-state index in [1.54, 1.807) is 36.4 Å². The van der Waals surface area contributed by atoms with Crippen LogP contribution in [0.25, 0.3) is 6.08 Å². The van der Waals surface area contributed by atoms with Gasteiger partial charge in [-0.1, -0.05) is 12.1 Å². The van der Waals surface area contributed by atoms with Crippen molar-refractivity contribution < 1.29 is 32.2 Å². The quantitative estimate of drug-likeness (QED) is 0.277. The van der Waals surface area contributed by atoms with Crippen LogP contribution in [0.1, 0.15) is 21.5 Å². The van der Waals surface area contributed by atoms with E-state index in [1.807, 2.05) is 0 Å². The Labute approximate surface area is 216 Å².